The maximum absolute atomic E-state index is 14.4. The van der Waals surface area contributed by atoms with Gasteiger partial charge in [0, 0.05) is 53.8 Å². The molecular formula is C36H43N7O2S. The largest absolute Gasteiger partial charge is 0.361 e. The Morgan fingerprint density at radius 2 is 1.70 bits per heavy atom. The number of benzene rings is 3. The Hall–Kier alpha value is -4.44. The van der Waals surface area contributed by atoms with Crippen LogP contribution in [0.1, 0.15) is 51.2 Å². The minimum absolute atomic E-state index is 0.0806. The van der Waals surface area contributed by atoms with Gasteiger partial charge in [0.25, 0.3) is 0 Å². The summed E-state index contributed by atoms with van der Waals surface area (Å²) in [5.41, 5.74) is 5.92. The number of amides is 2. The lowest BCUT2D eigenvalue weighted by Gasteiger charge is -2.30. The van der Waals surface area contributed by atoms with Crippen LogP contribution in [-0.4, -0.2) is 60.7 Å². The molecule has 0 aliphatic rings. The topological polar surface area (TPSA) is 120 Å². The average molecular weight is 638 g/mol. The number of fused-ring (bicyclic) bond motifs is 1. The molecule has 5 aromatic rings. The number of unbranched alkanes of at least 4 members (excludes halogenated alkanes) is 2. The SMILES string of the molecule is CCCCCN(Cc1ccc(-c2ccccc2-c2nn[nH]n2)cc1)C(=O)[C@H](Cc1c[nH]c2ccccc12)NC(=O)C(CS)C(C)C. The Labute approximate surface area is 276 Å². The Morgan fingerprint density at radius 3 is 2.39 bits per heavy atom. The highest BCUT2D eigenvalue weighted by atomic mass is 32.1. The first kappa shape index (κ1) is 32.9. The third kappa shape index (κ3) is 7.85. The van der Waals surface area contributed by atoms with Gasteiger partial charge < -0.3 is 15.2 Å². The first-order valence-electron chi connectivity index (χ1n) is 16.1. The van der Waals surface area contributed by atoms with E-state index >= 15 is 0 Å². The van der Waals surface area contributed by atoms with Crippen molar-refractivity contribution in [2.45, 2.75) is 59.0 Å². The van der Waals surface area contributed by atoms with Gasteiger partial charge in [-0.25, -0.2) is 0 Å². The van der Waals surface area contributed by atoms with E-state index in [-0.39, 0.29) is 23.7 Å². The lowest BCUT2D eigenvalue weighted by atomic mass is 9.95. The van der Waals surface area contributed by atoms with E-state index in [2.05, 4.69) is 74.7 Å². The molecule has 0 spiro atoms. The van der Waals surface area contributed by atoms with Crippen LogP contribution in [0.3, 0.4) is 0 Å². The Bertz CT molecular complexity index is 1720. The van der Waals surface area contributed by atoms with Crippen LogP contribution < -0.4 is 5.32 Å². The summed E-state index contributed by atoms with van der Waals surface area (Å²) in [7, 11) is 0. The molecule has 9 nitrogen and oxygen atoms in total. The van der Waals surface area contributed by atoms with Crippen LogP contribution >= 0.6 is 12.6 Å². The molecule has 0 bridgehead atoms. The molecule has 0 saturated heterocycles. The smallest absolute Gasteiger partial charge is 0.245 e. The van der Waals surface area contributed by atoms with Crippen LogP contribution in [0.5, 0.6) is 0 Å². The second-order valence-electron chi connectivity index (χ2n) is 12.1. The monoisotopic (exact) mass is 637 g/mol. The predicted octanol–water partition coefficient (Wildman–Crippen LogP) is 6.46. The van der Waals surface area contributed by atoms with Gasteiger partial charge in [-0.05, 0) is 45.9 Å². The summed E-state index contributed by atoms with van der Waals surface area (Å²) < 4.78 is 0. The van der Waals surface area contributed by atoms with Crippen LogP contribution in [-0.2, 0) is 22.6 Å². The first-order valence-corrected chi connectivity index (χ1v) is 16.7. The van der Waals surface area contributed by atoms with Crippen molar-refractivity contribution in [3.63, 3.8) is 0 Å². The number of carbonyl (C=O) groups excluding carboxylic acids is 2. The molecule has 3 N–H and O–H groups in total. The molecular weight excluding hydrogens is 595 g/mol. The summed E-state index contributed by atoms with van der Waals surface area (Å²) in [6.45, 7) is 7.22. The predicted molar refractivity (Wildman–Crippen MR) is 186 cm³/mol. The average Bonchev–Trinajstić information content (AvgIpc) is 3.75. The lowest BCUT2D eigenvalue weighted by Crippen LogP contribution is -2.51. The van der Waals surface area contributed by atoms with Crippen LogP contribution in [0.25, 0.3) is 33.4 Å². The number of rotatable bonds is 15. The fourth-order valence-electron chi connectivity index (χ4n) is 5.85. The summed E-state index contributed by atoms with van der Waals surface area (Å²) in [4.78, 5) is 33.2. The second-order valence-corrected chi connectivity index (χ2v) is 12.5. The summed E-state index contributed by atoms with van der Waals surface area (Å²) in [5, 5.41) is 18.8. The number of para-hydroxylation sites is 1. The Balaban J connectivity index is 1.41. The number of hydrogen-bond acceptors (Lipinski definition) is 6. The van der Waals surface area contributed by atoms with E-state index in [0.29, 0.717) is 31.1 Å². The van der Waals surface area contributed by atoms with Gasteiger partial charge in [0.15, 0.2) is 0 Å². The van der Waals surface area contributed by atoms with Gasteiger partial charge >= 0.3 is 0 Å². The number of aromatic nitrogens is 5. The van der Waals surface area contributed by atoms with Crippen molar-refractivity contribution >= 4 is 35.3 Å². The van der Waals surface area contributed by atoms with Gasteiger partial charge in [-0.15, -0.1) is 10.2 Å². The minimum Gasteiger partial charge on any atom is -0.361 e. The molecule has 2 amide bonds. The highest BCUT2D eigenvalue weighted by Crippen LogP contribution is 2.30. The number of H-pyrrole nitrogens is 2. The molecule has 5 rings (SSSR count). The number of carbonyl (C=O) groups is 2. The second kappa shape index (κ2) is 15.7. The zero-order valence-electron chi connectivity index (χ0n) is 26.7. The lowest BCUT2D eigenvalue weighted by molar-refractivity contribution is -0.138. The van der Waals surface area contributed by atoms with Crippen molar-refractivity contribution in [3.8, 4) is 22.5 Å². The molecule has 2 aromatic heterocycles. The van der Waals surface area contributed by atoms with Crippen molar-refractivity contribution < 1.29 is 9.59 Å². The van der Waals surface area contributed by atoms with Gasteiger partial charge in [0.2, 0.25) is 17.6 Å². The van der Waals surface area contributed by atoms with Crippen LogP contribution in [0.15, 0.2) is 79.0 Å². The molecule has 0 saturated carbocycles. The molecule has 0 fully saturated rings. The van der Waals surface area contributed by atoms with Crippen molar-refractivity contribution in [2.75, 3.05) is 12.3 Å². The molecule has 3 aromatic carbocycles. The quantitative estimate of drug-likeness (QED) is 0.0776. The fourth-order valence-corrected chi connectivity index (χ4v) is 6.44. The highest BCUT2D eigenvalue weighted by Gasteiger charge is 2.30. The Morgan fingerprint density at radius 1 is 0.957 bits per heavy atom. The zero-order chi connectivity index (χ0) is 32.5. The van der Waals surface area contributed by atoms with Crippen molar-refractivity contribution in [3.05, 3.63) is 90.1 Å². The summed E-state index contributed by atoms with van der Waals surface area (Å²) in [6.07, 6.45) is 5.29. The van der Waals surface area contributed by atoms with Gasteiger partial charge in [-0.1, -0.05) is 100 Å². The van der Waals surface area contributed by atoms with Crippen LogP contribution in [0, 0.1) is 11.8 Å². The number of nitrogens with one attached hydrogen (secondary N) is 3. The molecule has 10 heteroatoms. The minimum atomic E-state index is -0.712. The van der Waals surface area contributed by atoms with Gasteiger partial charge in [0.05, 0.1) is 0 Å². The van der Waals surface area contributed by atoms with E-state index in [1.165, 1.54) is 0 Å². The molecule has 2 heterocycles. The molecule has 46 heavy (non-hydrogen) atoms. The van der Waals surface area contributed by atoms with Gasteiger partial charge in [-0.2, -0.15) is 17.8 Å². The fraction of sp³-hybridized carbons (Fsp3) is 0.361. The third-order valence-electron chi connectivity index (χ3n) is 8.55. The molecule has 1 unspecified atom stereocenters. The van der Waals surface area contributed by atoms with E-state index < -0.39 is 6.04 Å². The van der Waals surface area contributed by atoms with Gasteiger partial charge in [-0.3, -0.25) is 9.59 Å². The van der Waals surface area contributed by atoms with Gasteiger partial charge in [0.1, 0.15) is 6.04 Å². The van der Waals surface area contributed by atoms with E-state index in [1.54, 1.807) is 0 Å². The number of aromatic amines is 2. The molecule has 0 aliphatic heterocycles. The number of hydrogen-bond donors (Lipinski definition) is 4. The maximum atomic E-state index is 14.4. The zero-order valence-corrected chi connectivity index (χ0v) is 27.6. The van der Waals surface area contributed by atoms with Crippen molar-refractivity contribution in [1.29, 1.82) is 0 Å². The van der Waals surface area contributed by atoms with Crippen LogP contribution in [0.4, 0.5) is 0 Å². The van der Waals surface area contributed by atoms with E-state index in [4.69, 9.17) is 0 Å². The molecule has 240 valence electrons. The molecule has 0 radical (unpaired) electrons. The highest BCUT2D eigenvalue weighted by molar-refractivity contribution is 7.80. The number of thiol groups is 1. The third-order valence-corrected chi connectivity index (χ3v) is 8.94. The van der Waals surface area contributed by atoms with Crippen molar-refractivity contribution in [1.82, 2.24) is 35.8 Å². The van der Waals surface area contributed by atoms with Crippen LogP contribution in [0.2, 0.25) is 0 Å². The van der Waals surface area contributed by atoms with E-state index in [1.807, 2.05) is 73.5 Å². The summed E-state index contributed by atoms with van der Waals surface area (Å²) >= 11 is 4.45. The normalized spacial score (nSPS) is 12.7. The number of nitrogens with zero attached hydrogens (tertiary/aromatic N) is 4. The number of tetrazole rings is 1. The molecule has 2 atom stereocenters. The Kier molecular flexibility index (Phi) is 11.3. The van der Waals surface area contributed by atoms with Crippen molar-refractivity contribution in [2.24, 2.45) is 11.8 Å². The molecule has 0 aliphatic carbocycles. The summed E-state index contributed by atoms with van der Waals surface area (Å²) in [5.74, 6) is 0.543. The van der Waals surface area contributed by atoms with E-state index in [0.717, 1.165) is 58.0 Å². The standard InChI is InChI=1S/C36H43N7O2S/c1-4-5-10-19-43(22-25-15-17-26(18-16-25)28-11-6-7-13-30(28)34-39-41-42-40-34)36(45)33(38-35(44)31(23-46)24(2)3)20-27-21-37-32-14-9-8-12-29(27)32/h6-9,11-18,21,24,31,33,37,46H,4-5,10,19-20,22-23H2,1-3H3,(H,38,44)(H,39,40,41,42)/t31?,33-/m0/s1. The first-order chi connectivity index (χ1) is 22.4. The van der Waals surface area contributed by atoms with E-state index in [9.17, 15) is 9.59 Å². The maximum Gasteiger partial charge on any atom is 0.245 e. The summed E-state index contributed by atoms with van der Waals surface area (Å²) in [6, 6.07) is 23.5.